The second kappa shape index (κ2) is 5.86. The minimum atomic E-state index is -0.395. The number of aryl methyl sites for hydroxylation is 1. The van der Waals surface area contributed by atoms with Gasteiger partial charge in [-0.05, 0) is 43.3 Å². The Morgan fingerprint density at radius 2 is 1.53 bits per heavy atom. The number of urea groups is 1. The highest BCUT2D eigenvalue weighted by molar-refractivity contribution is 5.89. The van der Waals surface area contributed by atoms with Crippen molar-refractivity contribution in [2.45, 2.75) is 6.92 Å². The van der Waals surface area contributed by atoms with Crippen LogP contribution in [0.25, 0.3) is 0 Å². The van der Waals surface area contributed by atoms with Gasteiger partial charge < -0.3 is 5.32 Å². The lowest BCUT2D eigenvalue weighted by molar-refractivity contribution is 0.254. The number of benzene rings is 2. The van der Waals surface area contributed by atoms with Crippen molar-refractivity contribution in [3.63, 3.8) is 0 Å². The molecule has 98 valence electrons. The maximum Gasteiger partial charge on any atom is 0.337 e. The van der Waals surface area contributed by atoms with Crippen LogP contribution in [0.3, 0.4) is 0 Å². The van der Waals surface area contributed by atoms with E-state index in [0.29, 0.717) is 11.4 Å². The summed E-state index contributed by atoms with van der Waals surface area (Å²) in [5.41, 5.74) is 7.55. The zero-order chi connectivity index (χ0) is 13.7. The molecule has 2 amide bonds. The van der Waals surface area contributed by atoms with Gasteiger partial charge >= 0.3 is 6.03 Å². The van der Waals surface area contributed by atoms with Crippen molar-refractivity contribution >= 4 is 17.4 Å². The van der Waals surface area contributed by atoms with Crippen LogP contribution in [-0.2, 0) is 0 Å². The van der Waals surface area contributed by atoms with E-state index >= 15 is 0 Å². The van der Waals surface area contributed by atoms with E-state index < -0.39 is 6.03 Å². The molecule has 0 unspecified atom stereocenters. The summed E-state index contributed by atoms with van der Waals surface area (Å²) in [7, 11) is 0. The van der Waals surface area contributed by atoms with Crippen LogP contribution in [0.15, 0.2) is 48.5 Å². The molecule has 19 heavy (non-hydrogen) atoms. The van der Waals surface area contributed by atoms with Crippen molar-refractivity contribution in [3.8, 4) is 0 Å². The number of anilines is 2. The molecule has 0 atom stereocenters. The SMILES string of the molecule is Cc1ccc(NC(=O)NNc2ccc(F)cc2)cc1. The van der Waals surface area contributed by atoms with Gasteiger partial charge in [-0.3, -0.25) is 10.9 Å². The number of hydrogen-bond donors (Lipinski definition) is 3. The van der Waals surface area contributed by atoms with Crippen LogP contribution in [-0.4, -0.2) is 6.03 Å². The second-order valence-corrected chi connectivity index (χ2v) is 4.08. The van der Waals surface area contributed by atoms with Gasteiger partial charge in [0, 0.05) is 5.69 Å². The van der Waals surface area contributed by atoms with Crippen LogP contribution in [0.2, 0.25) is 0 Å². The highest BCUT2D eigenvalue weighted by Crippen LogP contribution is 2.09. The molecule has 0 bridgehead atoms. The summed E-state index contributed by atoms with van der Waals surface area (Å²) >= 11 is 0. The standard InChI is InChI=1S/C14H14FN3O/c1-10-2-6-12(7-3-10)16-14(19)18-17-13-8-4-11(15)5-9-13/h2-9,17H,1H3,(H2,16,18,19). The van der Waals surface area contributed by atoms with Crippen LogP contribution in [0.1, 0.15) is 5.56 Å². The lowest BCUT2D eigenvalue weighted by Crippen LogP contribution is -2.33. The number of nitrogens with one attached hydrogen (secondary N) is 3. The Kier molecular flexibility index (Phi) is 3.97. The summed E-state index contributed by atoms with van der Waals surface area (Å²) in [6.07, 6.45) is 0. The van der Waals surface area contributed by atoms with E-state index in [1.165, 1.54) is 24.3 Å². The van der Waals surface area contributed by atoms with Gasteiger partial charge in [0.1, 0.15) is 5.82 Å². The van der Waals surface area contributed by atoms with Gasteiger partial charge in [-0.2, -0.15) is 0 Å². The van der Waals surface area contributed by atoms with E-state index in [1.807, 2.05) is 31.2 Å². The molecule has 0 aliphatic heterocycles. The number of rotatable bonds is 3. The maximum atomic E-state index is 12.7. The largest absolute Gasteiger partial charge is 0.337 e. The molecule has 2 rings (SSSR count). The first-order valence-corrected chi connectivity index (χ1v) is 5.79. The summed E-state index contributed by atoms with van der Waals surface area (Å²) in [4.78, 5) is 11.6. The lowest BCUT2D eigenvalue weighted by atomic mass is 10.2. The number of hydrogen-bond acceptors (Lipinski definition) is 2. The van der Waals surface area contributed by atoms with Gasteiger partial charge in [0.25, 0.3) is 0 Å². The van der Waals surface area contributed by atoms with E-state index in [9.17, 15) is 9.18 Å². The fourth-order valence-electron chi connectivity index (χ4n) is 1.46. The minimum Gasteiger partial charge on any atom is -0.307 e. The van der Waals surface area contributed by atoms with E-state index in [4.69, 9.17) is 0 Å². The van der Waals surface area contributed by atoms with Crippen molar-refractivity contribution < 1.29 is 9.18 Å². The predicted molar refractivity (Wildman–Crippen MR) is 73.4 cm³/mol. The highest BCUT2D eigenvalue weighted by Gasteiger charge is 2.00. The molecule has 0 fully saturated rings. The molecule has 5 heteroatoms. The van der Waals surface area contributed by atoms with Gasteiger partial charge in [0.2, 0.25) is 0 Å². The molecule has 0 aliphatic rings. The van der Waals surface area contributed by atoms with E-state index in [2.05, 4.69) is 16.2 Å². The monoisotopic (exact) mass is 259 g/mol. The maximum absolute atomic E-state index is 12.7. The Labute approximate surface area is 110 Å². The summed E-state index contributed by atoms with van der Waals surface area (Å²) in [5.74, 6) is -0.324. The Balaban J connectivity index is 1.84. The van der Waals surface area contributed by atoms with Crippen molar-refractivity contribution in [1.29, 1.82) is 0 Å². The number of carbonyl (C=O) groups is 1. The Hall–Kier alpha value is -2.56. The summed E-state index contributed by atoms with van der Waals surface area (Å²) in [6.45, 7) is 1.97. The first kappa shape index (κ1) is 12.9. The average Bonchev–Trinajstić information content (AvgIpc) is 2.41. The lowest BCUT2D eigenvalue weighted by Gasteiger charge is -2.10. The Bertz CT molecular complexity index is 552. The van der Waals surface area contributed by atoms with E-state index in [1.54, 1.807) is 0 Å². The smallest absolute Gasteiger partial charge is 0.307 e. The van der Waals surface area contributed by atoms with Crippen molar-refractivity contribution in [2.75, 3.05) is 10.7 Å². The summed E-state index contributed by atoms with van der Waals surface area (Å²) < 4.78 is 12.7. The van der Waals surface area contributed by atoms with Gasteiger partial charge in [0.15, 0.2) is 0 Å². The van der Waals surface area contributed by atoms with Crippen LogP contribution in [0.5, 0.6) is 0 Å². The van der Waals surface area contributed by atoms with Gasteiger partial charge in [-0.25, -0.2) is 9.18 Å². The zero-order valence-corrected chi connectivity index (χ0v) is 10.4. The number of carbonyl (C=O) groups excluding carboxylic acids is 1. The van der Waals surface area contributed by atoms with Crippen molar-refractivity contribution in [3.05, 3.63) is 59.9 Å². The third-order valence-corrected chi connectivity index (χ3v) is 2.47. The number of hydrazine groups is 1. The third kappa shape index (κ3) is 3.99. The Morgan fingerprint density at radius 3 is 2.16 bits per heavy atom. The van der Waals surface area contributed by atoms with Crippen molar-refractivity contribution in [2.24, 2.45) is 0 Å². The third-order valence-electron chi connectivity index (χ3n) is 2.47. The molecule has 4 nitrogen and oxygen atoms in total. The molecule has 2 aromatic rings. The van der Waals surface area contributed by atoms with Gasteiger partial charge in [-0.1, -0.05) is 17.7 Å². The van der Waals surface area contributed by atoms with E-state index in [-0.39, 0.29) is 5.82 Å². The molecule has 2 aromatic carbocycles. The summed E-state index contributed by atoms with van der Waals surface area (Å²) in [6, 6.07) is 12.7. The fourth-order valence-corrected chi connectivity index (χ4v) is 1.46. The first-order chi connectivity index (χ1) is 9.13. The van der Waals surface area contributed by atoms with E-state index in [0.717, 1.165) is 5.56 Å². The molecular formula is C14H14FN3O. The normalized spacial score (nSPS) is 9.79. The highest BCUT2D eigenvalue weighted by atomic mass is 19.1. The quantitative estimate of drug-likeness (QED) is 0.741. The molecule has 0 saturated carbocycles. The molecular weight excluding hydrogens is 245 g/mol. The fraction of sp³-hybridized carbons (Fsp3) is 0.0714. The second-order valence-electron chi connectivity index (χ2n) is 4.08. The summed E-state index contributed by atoms with van der Waals surface area (Å²) in [5, 5.41) is 2.66. The van der Waals surface area contributed by atoms with Gasteiger partial charge in [-0.15, -0.1) is 0 Å². The molecule has 3 N–H and O–H groups in total. The molecule has 0 aliphatic carbocycles. The molecule has 0 spiro atoms. The first-order valence-electron chi connectivity index (χ1n) is 5.79. The number of amides is 2. The molecule has 0 heterocycles. The van der Waals surface area contributed by atoms with Crippen LogP contribution in [0.4, 0.5) is 20.6 Å². The van der Waals surface area contributed by atoms with Crippen LogP contribution < -0.4 is 16.2 Å². The number of halogens is 1. The molecule has 0 radical (unpaired) electrons. The van der Waals surface area contributed by atoms with Gasteiger partial charge in [0.05, 0.1) is 5.69 Å². The average molecular weight is 259 g/mol. The molecule has 0 saturated heterocycles. The van der Waals surface area contributed by atoms with Crippen molar-refractivity contribution in [1.82, 2.24) is 5.43 Å². The minimum absolute atomic E-state index is 0.324. The molecule has 0 aromatic heterocycles. The predicted octanol–water partition coefficient (Wildman–Crippen LogP) is 3.28. The Morgan fingerprint density at radius 1 is 0.947 bits per heavy atom. The van der Waals surface area contributed by atoms with Crippen LogP contribution >= 0.6 is 0 Å². The van der Waals surface area contributed by atoms with Crippen LogP contribution in [0, 0.1) is 12.7 Å². The zero-order valence-electron chi connectivity index (χ0n) is 10.4. The topological polar surface area (TPSA) is 53.2 Å².